The van der Waals surface area contributed by atoms with Crippen LogP contribution in [0.3, 0.4) is 0 Å². The average Bonchev–Trinajstić information content (AvgIpc) is 3.64. The standard InChI is InChI=1S/C34H38N6O3S/c1-5-40(6-2)17-9-16-36-30(41)15-13-24-20-37-33(35)31-25(21-44-32(24)31)22-12-14-26(29(19-22)43-4)38-34(42)28-18-23-10-7-8-11-27(23)39(28)3/h7-8,10-15,18-21H,5-6,9,16-17H2,1-4H3,(H2,35,37)(H,36,41)(H,38,42). The summed E-state index contributed by atoms with van der Waals surface area (Å²) < 4.78 is 8.50. The van der Waals surface area contributed by atoms with Gasteiger partial charge in [0.15, 0.2) is 0 Å². The van der Waals surface area contributed by atoms with Gasteiger partial charge in [0.2, 0.25) is 5.91 Å². The van der Waals surface area contributed by atoms with Crippen LogP contribution >= 0.6 is 11.3 Å². The number of nitrogens with one attached hydrogen (secondary N) is 2. The molecule has 0 bridgehead atoms. The van der Waals surface area contributed by atoms with Gasteiger partial charge in [0.1, 0.15) is 17.3 Å². The summed E-state index contributed by atoms with van der Waals surface area (Å²) in [4.78, 5) is 32.4. The van der Waals surface area contributed by atoms with Crippen LogP contribution in [0.5, 0.6) is 5.75 Å². The zero-order chi connectivity index (χ0) is 31.2. The van der Waals surface area contributed by atoms with Gasteiger partial charge >= 0.3 is 0 Å². The Morgan fingerprint density at radius 3 is 2.68 bits per heavy atom. The van der Waals surface area contributed by atoms with E-state index >= 15 is 0 Å². The highest BCUT2D eigenvalue weighted by Crippen LogP contribution is 2.41. The van der Waals surface area contributed by atoms with Crippen molar-refractivity contribution < 1.29 is 14.3 Å². The van der Waals surface area contributed by atoms with Gasteiger partial charge in [-0.3, -0.25) is 9.59 Å². The summed E-state index contributed by atoms with van der Waals surface area (Å²) in [5.74, 6) is 0.557. The highest BCUT2D eigenvalue weighted by Gasteiger charge is 2.18. The molecule has 0 atom stereocenters. The van der Waals surface area contributed by atoms with Gasteiger partial charge in [0.05, 0.1) is 12.8 Å². The summed E-state index contributed by atoms with van der Waals surface area (Å²) in [5.41, 5.74) is 11.0. The molecule has 228 valence electrons. The molecule has 9 nitrogen and oxygen atoms in total. The summed E-state index contributed by atoms with van der Waals surface area (Å²) in [6, 6.07) is 15.4. The van der Waals surface area contributed by atoms with Gasteiger partial charge in [-0.05, 0) is 67.3 Å². The number of aryl methyl sites for hydroxylation is 1. The number of fused-ring (bicyclic) bond motifs is 2. The molecule has 0 unspecified atom stereocenters. The molecule has 3 heterocycles. The molecule has 0 saturated carbocycles. The first kappa shape index (κ1) is 30.8. The number of anilines is 2. The van der Waals surface area contributed by atoms with Crippen molar-refractivity contribution in [2.24, 2.45) is 7.05 Å². The number of nitrogen functional groups attached to an aromatic ring is 1. The summed E-state index contributed by atoms with van der Waals surface area (Å²) in [5, 5.41) is 9.79. The van der Waals surface area contributed by atoms with Gasteiger partial charge in [0.25, 0.3) is 5.91 Å². The second-order valence-electron chi connectivity index (χ2n) is 10.5. The lowest BCUT2D eigenvalue weighted by Gasteiger charge is -2.17. The zero-order valence-corrected chi connectivity index (χ0v) is 26.3. The number of hydrogen-bond acceptors (Lipinski definition) is 7. The van der Waals surface area contributed by atoms with Crippen molar-refractivity contribution in [3.8, 4) is 16.9 Å². The number of ether oxygens (including phenoxy) is 1. The number of rotatable bonds is 12. The number of nitrogens with two attached hydrogens (primary N) is 1. The topological polar surface area (TPSA) is 115 Å². The zero-order valence-electron chi connectivity index (χ0n) is 25.5. The molecule has 5 rings (SSSR count). The molecule has 4 N–H and O–H groups in total. The maximum atomic E-state index is 13.2. The third kappa shape index (κ3) is 6.46. The Balaban J connectivity index is 1.34. The van der Waals surface area contributed by atoms with E-state index < -0.39 is 0 Å². The monoisotopic (exact) mass is 610 g/mol. The Morgan fingerprint density at radius 2 is 1.93 bits per heavy atom. The Morgan fingerprint density at radius 1 is 1.14 bits per heavy atom. The first-order valence-corrected chi connectivity index (χ1v) is 15.6. The van der Waals surface area contributed by atoms with Gasteiger partial charge in [-0.15, -0.1) is 11.3 Å². The Labute approximate surface area is 261 Å². The number of hydrogen-bond donors (Lipinski definition) is 3. The smallest absolute Gasteiger partial charge is 0.272 e. The molecule has 10 heteroatoms. The molecule has 3 aromatic heterocycles. The predicted octanol–water partition coefficient (Wildman–Crippen LogP) is 6.16. The fourth-order valence-corrected chi connectivity index (χ4v) is 6.43. The molecule has 5 aromatic rings. The van der Waals surface area contributed by atoms with Crippen LogP contribution in [-0.4, -0.2) is 59.6 Å². The fourth-order valence-electron chi connectivity index (χ4n) is 5.35. The molecule has 0 spiro atoms. The number of para-hydroxylation sites is 1. The number of benzene rings is 2. The maximum absolute atomic E-state index is 13.2. The van der Waals surface area contributed by atoms with Crippen LogP contribution in [0.2, 0.25) is 0 Å². The van der Waals surface area contributed by atoms with E-state index in [0.29, 0.717) is 29.5 Å². The highest BCUT2D eigenvalue weighted by atomic mass is 32.1. The first-order valence-electron chi connectivity index (χ1n) is 14.7. The van der Waals surface area contributed by atoms with E-state index in [9.17, 15) is 9.59 Å². The molecule has 0 fully saturated rings. The minimum absolute atomic E-state index is 0.142. The predicted molar refractivity (Wildman–Crippen MR) is 181 cm³/mol. The van der Waals surface area contributed by atoms with Crippen LogP contribution in [0.25, 0.3) is 38.2 Å². The lowest BCUT2D eigenvalue weighted by Crippen LogP contribution is -2.29. The number of pyridine rings is 1. The Hall–Kier alpha value is -4.67. The van der Waals surface area contributed by atoms with E-state index in [1.165, 1.54) is 11.3 Å². The summed E-state index contributed by atoms with van der Waals surface area (Å²) in [6.07, 6.45) is 5.91. The van der Waals surface area contributed by atoms with E-state index in [0.717, 1.165) is 63.7 Å². The molecular formula is C34H38N6O3S. The number of thiophene rings is 1. The maximum Gasteiger partial charge on any atom is 0.272 e. The normalized spacial score (nSPS) is 11.6. The first-order chi connectivity index (χ1) is 21.3. The molecule has 0 aliphatic rings. The largest absolute Gasteiger partial charge is 0.495 e. The highest BCUT2D eigenvalue weighted by molar-refractivity contribution is 7.18. The lowest BCUT2D eigenvalue weighted by atomic mass is 10.0. The number of nitrogens with zero attached hydrogens (tertiary/aromatic N) is 3. The van der Waals surface area contributed by atoms with Crippen molar-refractivity contribution in [2.75, 3.05) is 44.3 Å². The molecule has 0 aliphatic carbocycles. The molecule has 0 radical (unpaired) electrons. The molecule has 0 saturated heterocycles. The van der Waals surface area contributed by atoms with Crippen molar-refractivity contribution >= 4 is 61.7 Å². The quantitative estimate of drug-likeness (QED) is 0.115. The van der Waals surface area contributed by atoms with Crippen molar-refractivity contribution in [3.63, 3.8) is 0 Å². The Bertz CT molecular complexity index is 1840. The number of methoxy groups -OCH3 is 1. The van der Waals surface area contributed by atoms with Crippen molar-refractivity contribution in [1.29, 1.82) is 0 Å². The number of aromatic nitrogens is 2. The van der Waals surface area contributed by atoms with Gasteiger partial charge in [-0.25, -0.2) is 4.98 Å². The Kier molecular flexibility index (Phi) is 9.62. The van der Waals surface area contributed by atoms with Crippen molar-refractivity contribution in [3.05, 3.63) is 77.4 Å². The molecule has 44 heavy (non-hydrogen) atoms. The number of carbonyl (C=O) groups is 2. The summed E-state index contributed by atoms with van der Waals surface area (Å²) >= 11 is 1.54. The van der Waals surface area contributed by atoms with Gasteiger partial charge in [0, 0.05) is 58.0 Å². The van der Waals surface area contributed by atoms with Crippen LogP contribution < -0.4 is 21.1 Å². The lowest BCUT2D eigenvalue weighted by molar-refractivity contribution is -0.116. The average molecular weight is 611 g/mol. The van der Waals surface area contributed by atoms with E-state index in [1.807, 2.05) is 65.5 Å². The number of amides is 2. The van der Waals surface area contributed by atoms with Gasteiger partial charge in [-0.1, -0.05) is 38.1 Å². The fraction of sp³-hybridized carbons (Fsp3) is 0.265. The van der Waals surface area contributed by atoms with Crippen molar-refractivity contribution in [1.82, 2.24) is 19.8 Å². The third-order valence-electron chi connectivity index (χ3n) is 7.86. The van der Waals surface area contributed by atoms with Crippen molar-refractivity contribution in [2.45, 2.75) is 20.3 Å². The van der Waals surface area contributed by atoms with Gasteiger partial charge < -0.3 is 30.6 Å². The second kappa shape index (κ2) is 13.7. The summed E-state index contributed by atoms with van der Waals surface area (Å²) in [6.45, 7) is 7.88. The van der Waals surface area contributed by atoms with Crippen LogP contribution in [0, 0.1) is 0 Å². The SMILES string of the molecule is CCN(CC)CCCNC(=O)C=Cc1cnc(N)c2c(-c3ccc(NC(=O)c4cc5ccccc5n4C)c(OC)c3)csc12. The molecule has 2 aromatic carbocycles. The molecule has 0 aliphatic heterocycles. The minimum Gasteiger partial charge on any atom is -0.495 e. The second-order valence-corrected chi connectivity index (χ2v) is 11.4. The molecule has 2 amide bonds. The van der Waals surface area contributed by atoms with E-state index in [-0.39, 0.29) is 11.8 Å². The summed E-state index contributed by atoms with van der Waals surface area (Å²) in [7, 11) is 3.45. The van der Waals surface area contributed by atoms with Crippen LogP contribution in [0.15, 0.2) is 66.2 Å². The van der Waals surface area contributed by atoms with E-state index in [1.54, 1.807) is 25.5 Å². The van der Waals surface area contributed by atoms with E-state index in [2.05, 4.69) is 34.4 Å². The minimum atomic E-state index is -0.228. The van der Waals surface area contributed by atoms with Crippen LogP contribution in [-0.2, 0) is 11.8 Å². The van der Waals surface area contributed by atoms with Crippen LogP contribution in [0.4, 0.5) is 11.5 Å². The van der Waals surface area contributed by atoms with Crippen LogP contribution in [0.1, 0.15) is 36.3 Å². The van der Waals surface area contributed by atoms with Gasteiger partial charge in [-0.2, -0.15) is 0 Å². The third-order valence-corrected chi connectivity index (χ3v) is 8.89. The van der Waals surface area contributed by atoms with E-state index in [4.69, 9.17) is 10.5 Å². The molecular weight excluding hydrogens is 572 g/mol. The number of carbonyl (C=O) groups excluding carboxylic acids is 2.